The van der Waals surface area contributed by atoms with Crippen LogP contribution >= 0.6 is 7.60 Å². The Morgan fingerprint density at radius 3 is 2.43 bits per heavy atom. The van der Waals surface area contributed by atoms with Crippen LogP contribution in [0.25, 0.3) is 11.1 Å². The minimum Gasteiger partial charge on any atom is -0.312 e. The number of aryl methyl sites for hydroxylation is 1. The minimum absolute atomic E-state index is 0.146. The Morgan fingerprint density at radius 2 is 1.81 bits per heavy atom. The van der Waals surface area contributed by atoms with Crippen LogP contribution in [0.15, 0.2) is 42.5 Å². The van der Waals surface area contributed by atoms with E-state index in [1.54, 1.807) is 6.07 Å². The van der Waals surface area contributed by atoms with Crippen molar-refractivity contribution in [1.29, 1.82) is 0 Å². The van der Waals surface area contributed by atoms with E-state index in [-0.39, 0.29) is 12.0 Å². The van der Waals surface area contributed by atoms with E-state index in [0.29, 0.717) is 0 Å². The van der Waals surface area contributed by atoms with Gasteiger partial charge < -0.3 is 9.05 Å². The number of hydrogen-bond donors (Lipinski definition) is 0. The molecular formula is C16H18FO3P. The highest BCUT2D eigenvalue weighted by Crippen LogP contribution is 2.51. The van der Waals surface area contributed by atoms with Gasteiger partial charge in [0.1, 0.15) is 5.82 Å². The summed E-state index contributed by atoms with van der Waals surface area (Å²) in [5.41, 5.74) is 3.41. The third kappa shape index (κ3) is 3.79. The molecule has 0 aliphatic heterocycles. The first kappa shape index (κ1) is 15.9. The first-order valence-corrected chi connectivity index (χ1v) is 8.26. The van der Waals surface area contributed by atoms with Crippen molar-refractivity contribution in [2.24, 2.45) is 0 Å². The van der Waals surface area contributed by atoms with Crippen LogP contribution in [0.5, 0.6) is 0 Å². The molecule has 0 saturated heterocycles. The zero-order valence-corrected chi connectivity index (χ0v) is 13.2. The van der Waals surface area contributed by atoms with Crippen LogP contribution in [0.1, 0.15) is 11.1 Å². The van der Waals surface area contributed by atoms with Crippen LogP contribution in [0, 0.1) is 12.7 Å². The molecule has 0 aromatic heterocycles. The van der Waals surface area contributed by atoms with E-state index >= 15 is 0 Å². The van der Waals surface area contributed by atoms with E-state index in [0.717, 1.165) is 22.3 Å². The monoisotopic (exact) mass is 308 g/mol. The lowest BCUT2D eigenvalue weighted by molar-refractivity contribution is 0.275. The SMILES string of the molecule is COP(=O)(Cc1cc(C)ccc1-c1cccc(F)c1)OC. The molecule has 3 nitrogen and oxygen atoms in total. The molecule has 0 aliphatic rings. The zero-order chi connectivity index (χ0) is 15.5. The fourth-order valence-electron chi connectivity index (χ4n) is 2.20. The summed E-state index contributed by atoms with van der Waals surface area (Å²) in [5, 5.41) is 0. The Bertz CT molecular complexity index is 677. The summed E-state index contributed by atoms with van der Waals surface area (Å²) in [6.45, 7) is 1.95. The molecule has 0 bridgehead atoms. The van der Waals surface area contributed by atoms with Gasteiger partial charge in [-0.3, -0.25) is 4.57 Å². The molecule has 0 unspecified atom stereocenters. The fourth-order valence-corrected chi connectivity index (χ4v) is 3.29. The van der Waals surface area contributed by atoms with Gasteiger partial charge in [0.05, 0.1) is 6.16 Å². The molecule has 0 aliphatic carbocycles. The summed E-state index contributed by atoms with van der Waals surface area (Å²) in [4.78, 5) is 0. The van der Waals surface area contributed by atoms with Crippen molar-refractivity contribution in [3.05, 3.63) is 59.4 Å². The molecule has 0 amide bonds. The fraction of sp³-hybridized carbons (Fsp3) is 0.250. The maximum atomic E-state index is 13.4. The molecule has 0 spiro atoms. The standard InChI is InChI=1S/C16H18FO3P/c1-12-7-8-16(13-5-4-6-15(17)10-13)14(9-12)11-21(18,19-2)20-3/h4-10H,11H2,1-3H3. The van der Waals surface area contributed by atoms with Crippen LogP contribution in [0.3, 0.4) is 0 Å². The molecule has 0 heterocycles. The Kier molecular flexibility index (Phi) is 4.94. The minimum atomic E-state index is -3.18. The van der Waals surface area contributed by atoms with Crippen LogP contribution < -0.4 is 0 Å². The molecular weight excluding hydrogens is 290 g/mol. The average molecular weight is 308 g/mol. The normalized spacial score (nSPS) is 11.6. The molecule has 0 N–H and O–H groups in total. The summed E-state index contributed by atoms with van der Waals surface area (Å²) < 4.78 is 35.8. The predicted octanol–water partition coefficient (Wildman–Crippen LogP) is 4.79. The molecule has 0 fully saturated rings. The van der Waals surface area contributed by atoms with E-state index in [4.69, 9.17) is 9.05 Å². The smallest absolute Gasteiger partial charge is 0.312 e. The quantitative estimate of drug-likeness (QED) is 0.745. The van der Waals surface area contributed by atoms with Gasteiger partial charge in [-0.1, -0.05) is 35.9 Å². The van der Waals surface area contributed by atoms with Gasteiger partial charge in [-0.05, 0) is 35.7 Å². The molecule has 5 heteroatoms. The highest BCUT2D eigenvalue weighted by Gasteiger charge is 2.23. The van der Waals surface area contributed by atoms with Crippen molar-refractivity contribution in [2.45, 2.75) is 13.1 Å². The van der Waals surface area contributed by atoms with Gasteiger partial charge in [0.2, 0.25) is 0 Å². The van der Waals surface area contributed by atoms with Gasteiger partial charge in [-0.15, -0.1) is 0 Å². The van der Waals surface area contributed by atoms with Gasteiger partial charge in [-0.2, -0.15) is 0 Å². The number of rotatable bonds is 5. The molecule has 0 saturated carbocycles. The van der Waals surface area contributed by atoms with Gasteiger partial charge in [0, 0.05) is 14.2 Å². The maximum absolute atomic E-state index is 13.4. The molecule has 0 atom stereocenters. The average Bonchev–Trinajstić information content (AvgIpc) is 2.47. The topological polar surface area (TPSA) is 35.5 Å². The van der Waals surface area contributed by atoms with Crippen molar-refractivity contribution in [3.63, 3.8) is 0 Å². The van der Waals surface area contributed by atoms with Crippen molar-refractivity contribution in [2.75, 3.05) is 14.2 Å². The van der Waals surface area contributed by atoms with E-state index in [9.17, 15) is 8.96 Å². The molecule has 2 rings (SSSR count). The number of halogens is 1. The third-order valence-electron chi connectivity index (χ3n) is 3.32. The van der Waals surface area contributed by atoms with E-state index in [1.807, 2.05) is 31.2 Å². The van der Waals surface area contributed by atoms with Crippen LogP contribution in [-0.4, -0.2) is 14.2 Å². The Morgan fingerprint density at radius 1 is 1.10 bits per heavy atom. The summed E-state index contributed by atoms with van der Waals surface area (Å²) >= 11 is 0. The Hall–Kier alpha value is -1.48. The third-order valence-corrected chi connectivity index (χ3v) is 5.16. The largest absolute Gasteiger partial charge is 0.334 e. The summed E-state index contributed by atoms with van der Waals surface area (Å²) in [7, 11) is -0.450. The molecule has 0 radical (unpaired) electrons. The molecule has 2 aromatic carbocycles. The van der Waals surface area contributed by atoms with Gasteiger partial charge in [-0.25, -0.2) is 4.39 Å². The van der Waals surface area contributed by atoms with Crippen molar-refractivity contribution in [3.8, 4) is 11.1 Å². The lowest BCUT2D eigenvalue weighted by Gasteiger charge is -2.17. The summed E-state index contributed by atoms with van der Waals surface area (Å²) in [6, 6.07) is 12.1. The first-order chi connectivity index (χ1) is 9.97. The highest BCUT2D eigenvalue weighted by molar-refractivity contribution is 7.52. The second kappa shape index (κ2) is 6.52. The van der Waals surface area contributed by atoms with Crippen LogP contribution in [0.2, 0.25) is 0 Å². The van der Waals surface area contributed by atoms with Crippen molar-refractivity contribution >= 4 is 7.60 Å². The second-order valence-electron chi connectivity index (χ2n) is 4.81. The Labute approximate surface area is 124 Å². The number of benzene rings is 2. The van der Waals surface area contributed by atoms with Gasteiger partial charge in [0.15, 0.2) is 0 Å². The molecule has 21 heavy (non-hydrogen) atoms. The molecule has 112 valence electrons. The van der Waals surface area contributed by atoms with Crippen LogP contribution in [0.4, 0.5) is 4.39 Å². The van der Waals surface area contributed by atoms with Crippen molar-refractivity contribution < 1.29 is 18.0 Å². The molecule has 2 aromatic rings. The first-order valence-electron chi connectivity index (χ1n) is 6.53. The lowest BCUT2D eigenvalue weighted by atomic mass is 9.99. The summed E-state index contributed by atoms with van der Waals surface area (Å²) in [6.07, 6.45) is 0.146. The summed E-state index contributed by atoms with van der Waals surface area (Å²) in [5.74, 6) is -0.305. The zero-order valence-electron chi connectivity index (χ0n) is 12.3. The van der Waals surface area contributed by atoms with Gasteiger partial charge >= 0.3 is 7.60 Å². The van der Waals surface area contributed by atoms with E-state index in [2.05, 4.69) is 0 Å². The van der Waals surface area contributed by atoms with Gasteiger partial charge in [0.25, 0.3) is 0 Å². The van der Waals surface area contributed by atoms with E-state index < -0.39 is 7.60 Å². The van der Waals surface area contributed by atoms with E-state index in [1.165, 1.54) is 26.4 Å². The second-order valence-corrected chi connectivity index (χ2v) is 7.07. The predicted molar refractivity (Wildman–Crippen MR) is 81.9 cm³/mol. The Balaban J connectivity index is 2.50. The lowest BCUT2D eigenvalue weighted by Crippen LogP contribution is -1.97. The van der Waals surface area contributed by atoms with Crippen LogP contribution in [-0.2, 0) is 19.8 Å². The maximum Gasteiger partial charge on any atom is 0.334 e. The van der Waals surface area contributed by atoms with Crippen molar-refractivity contribution in [1.82, 2.24) is 0 Å². The highest BCUT2D eigenvalue weighted by atomic mass is 31.2. The number of hydrogen-bond acceptors (Lipinski definition) is 3.